The Balaban J connectivity index is 1.90. The largest absolute Gasteiger partial charge is 0.507 e. The van der Waals surface area contributed by atoms with Crippen LogP contribution in [0.25, 0.3) is 0 Å². The Morgan fingerprint density at radius 3 is 2.58 bits per heavy atom. The van der Waals surface area contributed by atoms with Gasteiger partial charge in [-0.2, -0.15) is 5.01 Å². The van der Waals surface area contributed by atoms with Crippen molar-refractivity contribution in [1.82, 2.24) is 10.4 Å². The number of hydrazine groups is 1. The molecule has 122 valence electrons. The van der Waals surface area contributed by atoms with Crippen molar-refractivity contribution in [2.75, 3.05) is 5.75 Å². The van der Waals surface area contributed by atoms with Gasteiger partial charge in [0.05, 0.1) is 16.7 Å². The van der Waals surface area contributed by atoms with E-state index in [0.717, 1.165) is 5.75 Å². The van der Waals surface area contributed by atoms with Crippen LogP contribution in [0.2, 0.25) is 0 Å². The number of carbonyl (C=O) groups excluding carboxylic acids is 3. The third kappa shape index (κ3) is 2.63. The van der Waals surface area contributed by atoms with Gasteiger partial charge < -0.3 is 5.11 Å². The summed E-state index contributed by atoms with van der Waals surface area (Å²) in [6.07, 6.45) is 0. The molecule has 0 fully saturated rings. The van der Waals surface area contributed by atoms with Gasteiger partial charge >= 0.3 is 0 Å². The molecule has 0 radical (unpaired) electrons. The molecular formula is C17H14N2O4S. The minimum Gasteiger partial charge on any atom is -0.507 e. The summed E-state index contributed by atoms with van der Waals surface area (Å²) in [4.78, 5) is 38.0. The lowest BCUT2D eigenvalue weighted by atomic mass is 10.1. The molecule has 0 atom stereocenters. The lowest BCUT2D eigenvalue weighted by Crippen LogP contribution is -2.45. The van der Waals surface area contributed by atoms with Crippen LogP contribution in [0.1, 0.15) is 38.0 Å². The zero-order valence-electron chi connectivity index (χ0n) is 12.8. The monoisotopic (exact) mass is 342 g/mol. The number of phenols is 1. The fourth-order valence-electron chi connectivity index (χ4n) is 2.46. The molecule has 0 saturated heterocycles. The summed E-state index contributed by atoms with van der Waals surface area (Å²) in [6.45, 7) is 1.95. The van der Waals surface area contributed by atoms with E-state index in [4.69, 9.17) is 0 Å². The van der Waals surface area contributed by atoms with Crippen LogP contribution >= 0.6 is 11.8 Å². The smallest absolute Gasteiger partial charge is 0.281 e. The Labute approximate surface area is 142 Å². The number of hydrogen-bond acceptors (Lipinski definition) is 5. The number of para-hydroxylation sites is 1. The van der Waals surface area contributed by atoms with Gasteiger partial charge in [-0.3, -0.25) is 19.8 Å². The number of thioether (sulfide) groups is 1. The first kappa shape index (κ1) is 16.1. The molecule has 2 aromatic rings. The second kappa shape index (κ2) is 6.37. The highest BCUT2D eigenvalue weighted by Gasteiger charge is 2.39. The van der Waals surface area contributed by atoms with Gasteiger partial charge in [0.2, 0.25) is 0 Å². The number of fused-ring (bicyclic) bond motifs is 1. The molecule has 7 heteroatoms. The summed E-state index contributed by atoms with van der Waals surface area (Å²) in [5.41, 5.74) is 2.82. The lowest BCUT2D eigenvalue weighted by Gasteiger charge is -2.15. The van der Waals surface area contributed by atoms with Gasteiger partial charge in [0.1, 0.15) is 5.75 Å². The van der Waals surface area contributed by atoms with Crippen molar-refractivity contribution >= 4 is 29.5 Å². The fourth-order valence-corrected chi connectivity index (χ4v) is 3.29. The SMILES string of the molecule is CCSc1cccc2c1C(=O)N(NC(=O)c1ccccc1O)C2=O. The molecule has 0 unspecified atom stereocenters. The molecule has 3 rings (SSSR count). The number of phenolic OH excluding ortho intramolecular Hbond substituents is 1. The first-order valence-electron chi connectivity index (χ1n) is 7.28. The van der Waals surface area contributed by atoms with Crippen LogP contribution in [0.4, 0.5) is 0 Å². The third-order valence-electron chi connectivity index (χ3n) is 3.54. The van der Waals surface area contributed by atoms with Crippen molar-refractivity contribution in [3.8, 4) is 5.75 Å². The van der Waals surface area contributed by atoms with Crippen LogP contribution in [-0.4, -0.2) is 33.6 Å². The number of nitrogens with one attached hydrogen (secondary N) is 1. The molecule has 24 heavy (non-hydrogen) atoms. The molecule has 1 heterocycles. The Bertz CT molecular complexity index is 850. The maximum atomic E-state index is 12.6. The van der Waals surface area contributed by atoms with Crippen LogP contribution in [0.5, 0.6) is 5.75 Å². The summed E-state index contributed by atoms with van der Waals surface area (Å²) < 4.78 is 0. The van der Waals surface area contributed by atoms with E-state index in [2.05, 4.69) is 5.43 Å². The Morgan fingerprint density at radius 1 is 1.12 bits per heavy atom. The number of hydrogen-bond donors (Lipinski definition) is 2. The van der Waals surface area contributed by atoms with E-state index in [1.807, 2.05) is 6.92 Å². The van der Waals surface area contributed by atoms with Gasteiger partial charge in [-0.05, 0) is 30.0 Å². The van der Waals surface area contributed by atoms with Gasteiger partial charge in [0.25, 0.3) is 17.7 Å². The van der Waals surface area contributed by atoms with Crippen LogP contribution in [0.3, 0.4) is 0 Å². The molecule has 0 bridgehead atoms. The average Bonchev–Trinajstić information content (AvgIpc) is 2.81. The summed E-state index contributed by atoms with van der Waals surface area (Å²) >= 11 is 1.45. The number of nitrogens with zero attached hydrogens (tertiary/aromatic N) is 1. The molecular weight excluding hydrogens is 328 g/mol. The van der Waals surface area contributed by atoms with Crippen molar-refractivity contribution < 1.29 is 19.5 Å². The number of rotatable bonds is 4. The Morgan fingerprint density at radius 2 is 1.88 bits per heavy atom. The predicted octanol–water partition coefficient (Wildman–Crippen LogP) is 2.45. The fraction of sp³-hybridized carbons (Fsp3) is 0.118. The van der Waals surface area contributed by atoms with E-state index in [0.29, 0.717) is 15.5 Å². The maximum Gasteiger partial charge on any atom is 0.281 e. The maximum absolute atomic E-state index is 12.6. The van der Waals surface area contributed by atoms with E-state index in [1.165, 1.54) is 23.9 Å². The minimum atomic E-state index is -0.729. The average molecular weight is 342 g/mol. The standard InChI is InChI=1S/C17H14N2O4S/c1-2-24-13-9-5-7-11-14(13)17(23)19(16(11)22)18-15(21)10-6-3-4-8-12(10)20/h3-9,20H,2H2,1H3,(H,18,21). The van der Waals surface area contributed by atoms with Crippen LogP contribution in [-0.2, 0) is 0 Å². The molecule has 3 amide bonds. The molecule has 1 aliphatic heterocycles. The molecule has 6 nitrogen and oxygen atoms in total. The van der Waals surface area contributed by atoms with Crippen LogP contribution in [0.15, 0.2) is 47.4 Å². The number of imide groups is 1. The first-order valence-corrected chi connectivity index (χ1v) is 8.26. The number of aromatic hydroxyl groups is 1. The first-order chi connectivity index (χ1) is 11.5. The molecule has 0 aliphatic carbocycles. The number of carbonyl (C=O) groups is 3. The summed E-state index contributed by atoms with van der Waals surface area (Å²) in [5, 5.41) is 10.4. The van der Waals surface area contributed by atoms with Crippen LogP contribution in [0, 0.1) is 0 Å². The van der Waals surface area contributed by atoms with E-state index >= 15 is 0 Å². The minimum absolute atomic E-state index is 0.0165. The number of benzene rings is 2. The highest BCUT2D eigenvalue weighted by Crippen LogP contribution is 2.31. The van der Waals surface area contributed by atoms with E-state index in [-0.39, 0.29) is 16.9 Å². The molecule has 0 saturated carbocycles. The van der Waals surface area contributed by atoms with Gasteiger partial charge in [-0.25, -0.2) is 0 Å². The quantitative estimate of drug-likeness (QED) is 0.658. The van der Waals surface area contributed by atoms with Gasteiger partial charge in [0, 0.05) is 4.90 Å². The zero-order chi connectivity index (χ0) is 17.3. The normalized spacial score (nSPS) is 13.1. The number of amides is 3. The Kier molecular flexibility index (Phi) is 4.26. The molecule has 2 N–H and O–H groups in total. The summed E-state index contributed by atoms with van der Waals surface area (Å²) in [5.74, 6) is -1.36. The molecule has 0 spiro atoms. The van der Waals surface area contributed by atoms with Gasteiger partial charge in [0.15, 0.2) is 0 Å². The van der Waals surface area contributed by atoms with Gasteiger partial charge in [-0.15, -0.1) is 11.8 Å². The van der Waals surface area contributed by atoms with Crippen molar-refractivity contribution in [2.24, 2.45) is 0 Å². The molecule has 2 aromatic carbocycles. The highest BCUT2D eigenvalue weighted by molar-refractivity contribution is 7.99. The van der Waals surface area contributed by atoms with Crippen molar-refractivity contribution in [3.05, 3.63) is 59.2 Å². The Hall–Kier alpha value is -2.80. The highest BCUT2D eigenvalue weighted by atomic mass is 32.2. The topological polar surface area (TPSA) is 86.7 Å². The second-order valence-corrected chi connectivity index (χ2v) is 6.32. The molecule has 1 aliphatic rings. The van der Waals surface area contributed by atoms with E-state index < -0.39 is 17.7 Å². The van der Waals surface area contributed by atoms with E-state index in [1.54, 1.807) is 30.3 Å². The zero-order valence-corrected chi connectivity index (χ0v) is 13.6. The predicted molar refractivity (Wildman–Crippen MR) is 88.9 cm³/mol. The van der Waals surface area contributed by atoms with E-state index in [9.17, 15) is 19.5 Å². The van der Waals surface area contributed by atoms with Crippen molar-refractivity contribution in [2.45, 2.75) is 11.8 Å². The molecule has 0 aromatic heterocycles. The van der Waals surface area contributed by atoms with Crippen molar-refractivity contribution in [1.29, 1.82) is 0 Å². The third-order valence-corrected chi connectivity index (χ3v) is 4.48. The second-order valence-electron chi connectivity index (χ2n) is 5.02. The summed E-state index contributed by atoms with van der Waals surface area (Å²) in [6, 6.07) is 10.9. The van der Waals surface area contributed by atoms with Crippen molar-refractivity contribution in [3.63, 3.8) is 0 Å². The van der Waals surface area contributed by atoms with Crippen LogP contribution < -0.4 is 5.43 Å². The summed E-state index contributed by atoms with van der Waals surface area (Å²) in [7, 11) is 0. The lowest BCUT2D eigenvalue weighted by molar-refractivity contribution is 0.0516. The van der Waals surface area contributed by atoms with Gasteiger partial charge in [-0.1, -0.05) is 25.1 Å².